The van der Waals surface area contributed by atoms with Gasteiger partial charge in [-0.25, -0.2) is 9.38 Å². The zero-order chi connectivity index (χ0) is 24.0. The highest BCUT2D eigenvalue weighted by Crippen LogP contribution is 2.36. The van der Waals surface area contributed by atoms with Gasteiger partial charge in [0.25, 0.3) is 5.56 Å². The SMILES string of the molecule is N=C/C(=C\NCC(F)(F)C(F)(F)F)c1c(C(F)(F)F)nc2scc(C(F)(F)F)n2c1=O. The molecule has 0 radical (unpaired) electrons. The van der Waals surface area contributed by atoms with Crippen molar-refractivity contribution in [1.82, 2.24) is 14.7 Å². The van der Waals surface area contributed by atoms with Crippen molar-refractivity contribution >= 4 is 28.1 Å². The second-order valence-electron chi connectivity index (χ2n) is 5.70. The Hall–Kier alpha value is -2.72. The number of rotatable bonds is 5. The van der Waals surface area contributed by atoms with Gasteiger partial charge >= 0.3 is 24.5 Å². The highest BCUT2D eigenvalue weighted by atomic mass is 32.1. The Morgan fingerprint density at radius 2 is 1.65 bits per heavy atom. The van der Waals surface area contributed by atoms with Crippen molar-refractivity contribution in [3.05, 3.63) is 38.9 Å². The molecule has 31 heavy (non-hydrogen) atoms. The molecule has 0 aliphatic rings. The van der Waals surface area contributed by atoms with Gasteiger partial charge in [-0.3, -0.25) is 4.79 Å². The predicted molar refractivity (Wildman–Crippen MR) is 85.1 cm³/mol. The molecule has 0 aliphatic heterocycles. The molecule has 0 saturated carbocycles. The first-order chi connectivity index (χ1) is 13.9. The first kappa shape index (κ1) is 24.5. The number of thiazole rings is 1. The summed E-state index contributed by atoms with van der Waals surface area (Å²) in [5.74, 6) is -5.34. The van der Waals surface area contributed by atoms with E-state index < -0.39 is 64.0 Å². The van der Waals surface area contributed by atoms with E-state index in [1.165, 1.54) is 5.32 Å². The first-order valence-electron chi connectivity index (χ1n) is 7.49. The molecule has 2 N–H and O–H groups in total. The number of nitrogens with one attached hydrogen (secondary N) is 2. The van der Waals surface area contributed by atoms with Gasteiger partial charge in [-0.1, -0.05) is 0 Å². The van der Waals surface area contributed by atoms with E-state index >= 15 is 0 Å². The summed E-state index contributed by atoms with van der Waals surface area (Å²) < 4.78 is 141. The Labute approximate surface area is 167 Å². The van der Waals surface area contributed by atoms with Crippen molar-refractivity contribution in [2.45, 2.75) is 24.5 Å². The molecular weight excluding hydrogens is 481 g/mol. The van der Waals surface area contributed by atoms with E-state index in [1.807, 2.05) is 0 Å². The minimum atomic E-state index is -6.02. The summed E-state index contributed by atoms with van der Waals surface area (Å²) >= 11 is 0.0527. The molecule has 0 atom stereocenters. The average molecular weight is 488 g/mol. The fraction of sp³-hybridized carbons (Fsp3) is 0.357. The maximum atomic E-state index is 13.3. The third-order valence-corrected chi connectivity index (χ3v) is 4.39. The van der Waals surface area contributed by atoms with Crippen molar-refractivity contribution in [3.63, 3.8) is 0 Å². The van der Waals surface area contributed by atoms with E-state index in [-0.39, 0.29) is 28.2 Å². The normalized spacial score (nSPS) is 14.2. The number of hydrogen-bond donors (Lipinski definition) is 2. The van der Waals surface area contributed by atoms with Gasteiger partial charge in [0.05, 0.1) is 12.1 Å². The van der Waals surface area contributed by atoms with Crippen molar-refractivity contribution < 1.29 is 48.3 Å². The molecule has 17 heteroatoms. The van der Waals surface area contributed by atoms with Crippen molar-refractivity contribution in [1.29, 1.82) is 5.41 Å². The number of fused-ring (bicyclic) bond motifs is 1. The quantitative estimate of drug-likeness (QED) is 0.479. The summed E-state index contributed by atoms with van der Waals surface area (Å²) in [6.07, 6.45) is -16.6. The van der Waals surface area contributed by atoms with Gasteiger partial charge in [-0.05, 0) is 0 Å². The topological polar surface area (TPSA) is 70.2 Å². The molecule has 0 amide bonds. The predicted octanol–water partition coefficient (Wildman–Crippen LogP) is 4.57. The van der Waals surface area contributed by atoms with E-state index in [2.05, 4.69) is 4.98 Å². The number of aromatic nitrogens is 2. The first-order valence-corrected chi connectivity index (χ1v) is 8.37. The van der Waals surface area contributed by atoms with Gasteiger partial charge in [-0.15, -0.1) is 11.3 Å². The smallest absolute Gasteiger partial charge is 0.384 e. The van der Waals surface area contributed by atoms with Crippen LogP contribution >= 0.6 is 11.3 Å². The molecule has 2 aromatic rings. The number of alkyl halides is 11. The fourth-order valence-electron chi connectivity index (χ4n) is 2.19. The van der Waals surface area contributed by atoms with Crippen LogP contribution in [-0.4, -0.2) is 34.2 Å². The molecule has 5 nitrogen and oxygen atoms in total. The molecular formula is C14H7F11N4OS. The maximum absolute atomic E-state index is 13.3. The summed E-state index contributed by atoms with van der Waals surface area (Å²) in [4.78, 5) is 14.4. The molecule has 0 spiro atoms. The standard InChI is InChI=1S/C14H7F11N4OS/c15-11(16,14(23,24)25)4-27-2-5(1-26)7-8(13(20,21)22)28-10-29(9(7)30)6(3-31-10)12(17,18)19/h1-3,26-27H,4H2/b5-2+,26-1?. The van der Waals surface area contributed by atoms with Gasteiger partial charge < -0.3 is 10.7 Å². The number of nitrogens with zero attached hydrogens (tertiary/aromatic N) is 2. The average Bonchev–Trinajstić information content (AvgIpc) is 3.02. The lowest BCUT2D eigenvalue weighted by atomic mass is 10.1. The van der Waals surface area contributed by atoms with E-state index in [0.717, 1.165) is 0 Å². The molecule has 0 saturated heterocycles. The van der Waals surface area contributed by atoms with E-state index in [9.17, 15) is 53.1 Å². The highest BCUT2D eigenvalue weighted by molar-refractivity contribution is 7.15. The van der Waals surface area contributed by atoms with Gasteiger partial charge in [0.1, 0.15) is 5.69 Å². The minimum Gasteiger partial charge on any atom is -0.384 e. The third-order valence-electron chi connectivity index (χ3n) is 3.57. The molecule has 172 valence electrons. The molecule has 0 aromatic carbocycles. The highest BCUT2D eigenvalue weighted by Gasteiger charge is 2.57. The lowest BCUT2D eigenvalue weighted by molar-refractivity contribution is -0.278. The lowest BCUT2D eigenvalue weighted by Crippen LogP contribution is -2.44. The molecule has 2 rings (SSSR count). The van der Waals surface area contributed by atoms with E-state index in [4.69, 9.17) is 5.41 Å². The zero-order valence-electron chi connectivity index (χ0n) is 14.3. The Kier molecular flexibility index (Phi) is 6.14. The number of allylic oxidation sites excluding steroid dienone is 1. The molecule has 0 fully saturated rings. The Morgan fingerprint density at radius 1 is 1.06 bits per heavy atom. The van der Waals surface area contributed by atoms with E-state index in [1.54, 1.807) is 0 Å². The zero-order valence-corrected chi connectivity index (χ0v) is 15.1. The van der Waals surface area contributed by atoms with Crippen LogP contribution in [0.4, 0.5) is 48.3 Å². The summed E-state index contributed by atoms with van der Waals surface area (Å²) in [5, 5.41) is 8.73. The van der Waals surface area contributed by atoms with Gasteiger partial charge in [0.15, 0.2) is 10.7 Å². The third kappa shape index (κ3) is 4.80. The summed E-state index contributed by atoms with van der Waals surface area (Å²) in [6.45, 7) is -2.18. The molecule has 2 heterocycles. The molecule has 0 aliphatic carbocycles. The van der Waals surface area contributed by atoms with Crippen molar-refractivity contribution in [3.8, 4) is 0 Å². The summed E-state index contributed by atoms with van der Waals surface area (Å²) in [5.41, 5.74) is -8.57. The minimum absolute atomic E-state index is 0.0432. The van der Waals surface area contributed by atoms with Crippen LogP contribution in [0.15, 0.2) is 16.4 Å². The van der Waals surface area contributed by atoms with Crippen molar-refractivity contribution in [2.75, 3.05) is 6.54 Å². The van der Waals surface area contributed by atoms with Crippen LogP contribution in [0.5, 0.6) is 0 Å². The second kappa shape index (κ2) is 7.76. The van der Waals surface area contributed by atoms with Crippen LogP contribution in [0.25, 0.3) is 10.5 Å². The summed E-state index contributed by atoms with van der Waals surface area (Å²) in [6, 6.07) is 0. The van der Waals surface area contributed by atoms with Gasteiger partial charge in [0.2, 0.25) is 0 Å². The molecule has 2 aromatic heterocycles. The Balaban J connectivity index is 2.71. The van der Waals surface area contributed by atoms with Gasteiger partial charge in [0, 0.05) is 23.4 Å². The fourth-order valence-corrected chi connectivity index (χ4v) is 3.08. The van der Waals surface area contributed by atoms with E-state index in [0.29, 0.717) is 5.38 Å². The molecule has 0 unspecified atom stereocenters. The number of hydrogen-bond acceptors (Lipinski definition) is 5. The number of halogens is 11. The molecule has 0 bridgehead atoms. The van der Waals surface area contributed by atoms with Crippen LogP contribution in [-0.2, 0) is 12.4 Å². The Bertz CT molecular complexity index is 1080. The van der Waals surface area contributed by atoms with Gasteiger partial charge in [-0.2, -0.15) is 48.3 Å². The van der Waals surface area contributed by atoms with Crippen LogP contribution in [0, 0.1) is 5.41 Å². The van der Waals surface area contributed by atoms with Crippen LogP contribution in [0.3, 0.4) is 0 Å². The Morgan fingerprint density at radius 3 is 2.10 bits per heavy atom. The maximum Gasteiger partial charge on any atom is 0.455 e. The second-order valence-corrected chi connectivity index (χ2v) is 6.54. The lowest BCUT2D eigenvalue weighted by Gasteiger charge is -2.19. The van der Waals surface area contributed by atoms with Crippen LogP contribution in [0.1, 0.15) is 17.0 Å². The van der Waals surface area contributed by atoms with Crippen LogP contribution in [0.2, 0.25) is 0 Å². The summed E-state index contributed by atoms with van der Waals surface area (Å²) in [7, 11) is 0. The van der Waals surface area contributed by atoms with Crippen LogP contribution < -0.4 is 10.9 Å². The largest absolute Gasteiger partial charge is 0.455 e. The monoisotopic (exact) mass is 488 g/mol. The van der Waals surface area contributed by atoms with Crippen molar-refractivity contribution in [2.24, 2.45) is 0 Å².